The van der Waals surface area contributed by atoms with Crippen LogP contribution in [0.2, 0.25) is 0 Å². The van der Waals surface area contributed by atoms with Gasteiger partial charge in [-0.3, -0.25) is 0 Å². The SMILES string of the molecule is C=C(C)C1=C(C)C[C@@]2(C)C[C@@]3(C)Cc4c(C#Cc5cccc(C)c5)ccc(C)c4C(=C)C3=C(C)[C@@]2(C)C1=C. The summed E-state index contributed by atoms with van der Waals surface area (Å²) in [6.07, 6.45) is 3.15. The van der Waals surface area contributed by atoms with Crippen molar-refractivity contribution in [1.29, 1.82) is 0 Å². The van der Waals surface area contributed by atoms with Gasteiger partial charge >= 0.3 is 0 Å². The smallest absolute Gasteiger partial charge is 0.0287 e. The van der Waals surface area contributed by atoms with Crippen LogP contribution in [0.3, 0.4) is 0 Å². The molecule has 0 radical (unpaired) electrons. The van der Waals surface area contributed by atoms with Crippen LogP contribution in [-0.2, 0) is 6.42 Å². The number of hydrogen-bond donors (Lipinski definition) is 0. The predicted octanol–water partition coefficient (Wildman–Crippen LogP) is 9.86. The summed E-state index contributed by atoms with van der Waals surface area (Å²) in [6.45, 7) is 32.4. The third kappa shape index (κ3) is 3.59. The summed E-state index contributed by atoms with van der Waals surface area (Å²) in [5.74, 6) is 7.00. The molecule has 0 spiro atoms. The Balaban J connectivity index is 1.71. The number of benzene rings is 2. The van der Waals surface area contributed by atoms with E-state index in [1.165, 1.54) is 55.7 Å². The topological polar surface area (TPSA) is 0 Å². The summed E-state index contributed by atoms with van der Waals surface area (Å²) < 4.78 is 0. The van der Waals surface area contributed by atoms with Crippen molar-refractivity contribution in [3.05, 3.63) is 123 Å². The van der Waals surface area contributed by atoms with E-state index >= 15 is 0 Å². The summed E-state index contributed by atoms with van der Waals surface area (Å²) in [5.41, 5.74) is 16.5. The van der Waals surface area contributed by atoms with E-state index in [0.717, 1.165) is 36.0 Å². The van der Waals surface area contributed by atoms with Crippen molar-refractivity contribution in [2.75, 3.05) is 0 Å². The summed E-state index contributed by atoms with van der Waals surface area (Å²) in [7, 11) is 0. The minimum absolute atomic E-state index is 0.00271. The molecule has 194 valence electrons. The Labute approximate surface area is 231 Å². The molecule has 2 aromatic carbocycles. The van der Waals surface area contributed by atoms with Crippen molar-refractivity contribution >= 4 is 5.57 Å². The van der Waals surface area contributed by atoms with Crippen LogP contribution in [0.4, 0.5) is 0 Å². The zero-order valence-corrected chi connectivity index (χ0v) is 24.7. The van der Waals surface area contributed by atoms with Crippen LogP contribution < -0.4 is 0 Å². The zero-order chi connectivity index (χ0) is 27.8. The Morgan fingerprint density at radius 1 is 0.921 bits per heavy atom. The van der Waals surface area contributed by atoms with E-state index in [2.05, 4.69) is 110 Å². The van der Waals surface area contributed by atoms with Gasteiger partial charge in [-0.15, -0.1) is 0 Å². The number of fused-ring (bicyclic) bond motifs is 3. The van der Waals surface area contributed by atoms with Gasteiger partial charge in [-0.2, -0.15) is 0 Å². The first-order valence-electron chi connectivity index (χ1n) is 13.9. The molecule has 5 rings (SSSR count). The number of allylic oxidation sites excluding steroid dienone is 7. The van der Waals surface area contributed by atoms with Gasteiger partial charge in [0.1, 0.15) is 0 Å². The molecule has 0 heteroatoms. The number of rotatable bonds is 1. The van der Waals surface area contributed by atoms with Gasteiger partial charge in [0.2, 0.25) is 0 Å². The van der Waals surface area contributed by atoms with Crippen molar-refractivity contribution in [2.45, 2.75) is 74.7 Å². The molecular weight excluding hydrogens is 456 g/mol. The van der Waals surface area contributed by atoms with Crippen LogP contribution in [-0.4, -0.2) is 0 Å². The molecule has 0 nitrogen and oxygen atoms in total. The van der Waals surface area contributed by atoms with E-state index in [0.29, 0.717) is 0 Å². The lowest BCUT2D eigenvalue weighted by molar-refractivity contribution is 0.0544. The minimum atomic E-state index is -0.132. The van der Waals surface area contributed by atoms with Gasteiger partial charge < -0.3 is 0 Å². The molecule has 0 saturated carbocycles. The highest BCUT2D eigenvalue weighted by Gasteiger charge is 2.59. The highest BCUT2D eigenvalue weighted by Crippen LogP contribution is 2.70. The first-order chi connectivity index (χ1) is 17.7. The van der Waals surface area contributed by atoms with Gasteiger partial charge in [0.15, 0.2) is 0 Å². The molecule has 3 aliphatic rings. The second-order valence-corrected chi connectivity index (χ2v) is 13.1. The summed E-state index contributed by atoms with van der Waals surface area (Å²) in [5, 5.41) is 0. The maximum Gasteiger partial charge on any atom is 0.0287 e. The molecule has 3 aliphatic carbocycles. The van der Waals surface area contributed by atoms with E-state index < -0.39 is 0 Å². The molecule has 0 unspecified atom stereocenters. The van der Waals surface area contributed by atoms with Crippen molar-refractivity contribution < 1.29 is 0 Å². The molecule has 38 heavy (non-hydrogen) atoms. The molecule has 0 amide bonds. The Morgan fingerprint density at radius 2 is 1.63 bits per heavy atom. The average Bonchev–Trinajstić information content (AvgIpc) is 2.80. The maximum absolute atomic E-state index is 4.79. The first-order valence-corrected chi connectivity index (χ1v) is 13.9. The second-order valence-electron chi connectivity index (χ2n) is 13.1. The van der Waals surface area contributed by atoms with E-state index in [1.54, 1.807) is 0 Å². The van der Waals surface area contributed by atoms with Gasteiger partial charge in [0, 0.05) is 16.5 Å². The molecule has 0 aliphatic heterocycles. The lowest BCUT2D eigenvalue weighted by Crippen LogP contribution is -2.52. The molecule has 3 atom stereocenters. The quantitative estimate of drug-likeness (QED) is 0.343. The summed E-state index contributed by atoms with van der Waals surface area (Å²) >= 11 is 0. The Kier molecular flexibility index (Phi) is 5.96. The molecule has 0 N–H and O–H groups in total. The van der Waals surface area contributed by atoms with Crippen molar-refractivity contribution in [2.24, 2.45) is 16.2 Å². The third-order valence-corrected chi connectivity index (χ3v) is 10.2. The lowest BCUT2D eigenvalue weighted by Gasteiger charge is -2.62. The second kappa shape index (κ2) is 8.61. The van der Waals surface area contributed by atoms with Crippen LogP contribution in [0.1, 0.15) is 87.8 Å². The van der Waals surface area contributed by atoms with Crippen LogP contribution in [0.25, 0.3) is 5.57 Å². The molecule has 0 fully saturated rings. The molecular formula is C38H42. The normalized spacial score (nSPS) is 28.3. The predicted molar refractivity (Wildman–Crippen MR) is 164 cm³/mol. The summed E-state index contributed by atoms with van der Waals surface area (Å²) in [6, 6.07) is 12.9. The van der Waals surface area contributed by atoms with Crippen molar-refractivity contribution in [3.8, 4) is 11.8 Å². The first kappa shape index (κ1) is 26.3. The monoisotopic (exact) mass is 498 g/mol. The van der Waals surface area contributed by atoms with Gasteiger partial charge in [-0.1, -0.05) is 87.3 Å². The van der Waals surface area contributed by atoms with Crippen LogP contribution in [0, 0.1) is 41.9 Å². The van der Waals surface area contributed by atoms with E-state index in [-0.39, 0.29) is 16.2 Å². The molecule has 0 heterocycles. The Hall–Kier alpha value is -3.30. The Bertz CT molecular complexity index is 1570. The van der Waals surface area contributed by atoms with E-state index in [4.69, 9.17) is 13.2 Å². The highest BCUT2D eigenvalue weighted by molar-refractivity contribution is 5.87. The molecule has 0 saturated heterocycles. The van der Waals surface area contributed by atoms with Gasteiger partial charge in [-0.25, -0.2) is 0 Å². The molecule has 0 aromatic heterocycles. The van der Waals surface area contributed by atoms with E-state index in [9.17, 15) is 0 Å². The number of hydrogen-bond acceptors (Lipinski definition) is 0. The van der Waals surface area contributed by atoms with Crippen molar-refractivity contribution in [1.82, 2.24) is 0 Å². The zero-order valence-electron chi connectivity index (χ0n) is 24.7. The fourth-order valence-corrected chi connectivity index (χ4v) is 8.52. The number of aryl methyl sites for hydroxylation is 2. The maximum atomic E-state index is 4.79. The highest BCUT2D eigenvalue weighted by atomic mass is 14.6. The largest absolute Gasteiger partial charge is 0.0955 e. The van der Waals surface area contributed by atoms with Gasteiger partial charge in [-0.05, 0) is 127 Å². The fraction of sp³-hybridized carbons (Fsp3) is 0.368. The van der Waals surface area contributed by atoms with Crippen LogP contribution in [0.5, 0.6) is 0 Å². The van der Waals surface area contributed by atoms with Gasteiger partial charge in [0.05, 0.1) is 0 Å². The standard InChI is InChI=1S/C38H42/c1-23(2)33-26(5)20-37(10)22-36(9)21-32-31(18-16-30-14-12-13-24(3)19-30)17-15-25(4)34(32)27(6)35(36)29(8)38(37,11)28(33)7/h12-15,17,19H,1,6-7,20-22H2,2-5,8-11H3/t36-,37+,38-/m1/s1. The molecule has 0 bridgehead atoms. The fourth-order valence-electron chi connectivity index (χ4n) is 8.52. The van der Waals surface area contributed by atoms with Crippen LogP contribution in [0.15, 0.2) is 89.6 Å². The van der Waals surface area contributed by atoms with Crippen LogP contribution >= 0.6 is 0 Å². The lowest BCUT2D eigenvalue weighted by atomic mass is 9.41. The molecule has 2 aromatic rings. The van der Waals surface area contributed by atoms with E-state index in [1.807, 2.05) is 0 Å². The average molecular weight is 499 g/mol. The third-order valence-electron chi connectivity index (χ3n) is 10.2. The minimum Gasteiger partial charge on any atom is -0.0955 e. The van der Waals surface area contributed by atoms with Gasteiger partial charge in [0.25, 0.3) is 0 Å². The Morgan fingerprint density at radius 3 is 2.29 bits per heavy atom. The summed E-state index contributed by atoms with van der Waals surface area (Å²) in [4.78, 5) is 0. The van der Waals surface area contributed by atoms with Crippen molar-refractivity contribution in [3.63, 3.8) is 0 Å².